The molecule has 4 heteroatoms. The normalized spacial score (nSPS) is 13.2. The molecule has 0 bridgehead atoms. The lowest BCUT2D eigenvalue weighted by Crippen LogP contribution is -2.38. The molecule has 0 saturated heterocycles. The Hall–Kier alpha value is -0.770. The Morgan fingerprint density at radius 3 is 2.44 bits per heavy atom. The molecule has 2 N–H and O–H groups in total. The SMILES string of the molecule is CCCCCC(C)NCCNC(=O)OC(C)(C)C. The molecular weight excluding hydrogens is 228 g/mol. The van der Waals surface area contributed by atoms with Gasteiger partial charge in [0.2, 0.25) is 0 Å². The summed E-state index contributed by atoms with van der Waals surface area (Å²) < 4.78 is 5.15. The first-order valence-electron chi connectivity index (χ1n) is 7.05. The van der Waals surface area contributed by atoms with Gasteiger partial charge >= 0.3 is 6.09 Å². The number of unbranched alkanes of at least 4 members (excludes halogenated alkanes) is 2. The Kier molecular flexibility index (Phi) is 8.81. The molecule has 0 aromatic carbocycles. The van der Waals surface area contributed by atoms with Crippen molar-refractivity contribution in [2.75, 3.05) is 13.1 Å². The Morgan fingerprint density at radius 1 is 1.22 bits per heavy atom. The van der Waals surface area contributed by atoms with E-state index in [0.717, 1.165) is 6.54 Å². The van der Waals surface area contributed by atoms with Crippen LogP contribution in [0.25, 0.3) is 0 Å². The van der Waals surface area contributed by atoms with Crippen molar-refractivity contribution in [1.82, 2.24) is 10.6 Å². The zero-order chi connectivity index (χ0) is 14.0. The minimum Gasteiger partial charge on any atom is -0.444 e. The van der Waals surface area contributed by atoms with E-state index in [1.807, 2.05) is 20.8 Å². The van der Waals surface area contributed by atoms with Crippen molar-refractivity contribution in [3.63, 3.8) is 0 Å². The van der Waals surface area contributed by atoms with Gasteiger partial charge in [-0.05, 0) is 34.1 Å². The molecule has 0 spiro atoms. The topological polar surface area (TPSA) is 50.4 Å². The average Bonchev–Trinajstić information content (AvgIpc) is 2.22. The Morgan fingerprint density at radius 2 is 1.89 bits per heavy atom. The van der Waals surface area contributed by atoms with Crippen LogP contribution in [0.1, 0.15) is 60.3 Å². The maximum atomic E-state index is 11.4. The van der Waals surface area contributed by atoms with Gasteiger partial charge in [-0.3, -0.25) is 0 Å². The monoisotopic (exact) mass is 258 g/mol. The van der Waals surface area contributed by atoms with Crippen LogP contribution < -0.4 is 10.6 Å². The maximum absolute atomic E-state index is 11.4. The standard InChI is InChI=1S/C14H30N2O2/c1-6-7-8-9-12(2)15-10-11-16-13(17)18-14(3,4)5/h12,15H,6-11H2,1-5H3,(H,16,17). The fourth-order valence-electron chi connectivity index (χ4n) is 1.60. The zero-order valence-electron chi connectivity index (χ0n) is 12.6. The highest BCUT2D eigenvalue weighted by molar-refractivity contribution is 5.67. The summed E-state index contributed by atoms with van der Waals surface area (Å²) in [5.74, 6) is 0. The summed E-state index contributed by atoms with van der Waals surface area (Å²) in [6.45, 7) is 11.4. The summed E-state index contributed by atoms with van der Waals surface area (Å²) >= 11 is 0. The van der Waals surface area contributed by atoms with Crippen molar-refractivity contribution in [1.29, 1.82) is 0 Å². The van der Waals surface area contributed by atoms with E-state index >= 15 is 0 Å². The molecule has 0 heterocycles. The van der Waals surface area contributed by atoms with Crippen LogP contribution in [0.15, 0.2) is 0 Å². The fraction of sp³-hybridized carbons (Fsp3) is 0.929. The molecule has 0 aliphatic heterocycles. The van der Waals surface area contributed by atoms with Crippen molar-refractivity contribution < 1.29 is 9.53 Å². The van der Waals surface area contributed by atoms with Crippen LogP contribution in [0.5, 0.6) is 0 Å². The molecule has 0 saturated carbocycles. The minimum atomic E-state index is -0.426. The van der Waals surface area contributed by atoms with Gasteiger partial charge in [0, 0.05) is 19.1 Å². The summed E-state index contributed by atoms with van der Waals surface area (Å²) in [4.78, 5) is 11.4. The first kappa shape index (κ1) is 17.2. The second kappa shape index (κ2) is 9.20. The van der Waals surface area contributed by atoms with E-state index in [1.165, 1.54) is 25.7 Å². The molecule has 0 radical (unpaired) electrons. The number of carbonyl (C=O) groups is 1. The van der Waals surface area contributed by atoms with Gasteiger partial charge in [-0.2, -0.15) is 0 Å². The van der Waals surface area contributed by atoms with Gasteiger partial charge in [0.05, 0.1) is 0 Å². The van der Waals surface area contributed by atoms with E-state index in [1.54, 1.807) is 0 Å². The molecular formula is C14H30N2O2. The lowest BCUT2D eigenvalue weighted by atomic mass is 10.1. The van der Waals surface area contributed by atoms with E-state index < -0.39 is 5.60 Å². The highest BCUT2D eigenvalue weighted by Gasteiger charge is 2.15. The third-order valence-corrected chi connectivity index (χ3v) is 2.53. The molecule has 0 aromatic heterocycles. The lowest BCUT2D eigenvalue weighted by Gasteiger charge is -2.20. The van der Waals surface area contributed by atoms with Gasteiger partial charge < -0.3 is 15.4 Å². The number of rotatable bonds is 8. The molecule has 1 unspecified atom stereocenters. The third-order valence-electron chi connectivity index (χ3n) is 2.53. The van der Waals surface area contributed by atoms with E-state index in [-0.39, 0.29) is 6.09 Å². The summed E-state index contributed by atoms with van der Waals surface area (Å²) in [5.41, 5.74) is -0.426. The van der Waals surface area contributed by atoms with E-state index in [9.17, 15) is 4.79 Å². The van der Waals surface area contributed by atoms with Crippen molar-refractivity contribution >= 4 is 6.09 Å². The first-order valence-corrected chi connectivity index (χ1v) is 7.05. The molecule has 4 nitrogen and oxygen atoms in total. The Bertz CT molecular complexity index is 224. The molecule has 0 aliphatic carbocycles. The minimum absolute atomic E-state index is 0.345. The predicted octanol–water partition coefficient (Wildman–Crippen LogP) is 3.07. The van der Waals surface area contributed by atoms with Crippen molar-refractivity contribution in [2.45, 2.75) is 71.9 Å². The molecule has 0 fully saturated rings. The summed E-state index contributed by atoms with van der Waals surface area (Å²) in [5, 5.41) is 6.13. The predicted molar refractivity (Wildman–Crippen MR) is 75.8 cm³/mol. The van der Waals surface area contributed by atoms with Crippen molar-refractivity contribution in [3.8, 4) is 0 Å². The van der Waals surface area contributed by atoms with Crippen molar-refractivity contribution in [2.24, 2.45) is 0 Å². The van der Waals surface area contributed by atoms with Crippen LogP contribution in [0.3, 0.4) is 0 Å². The van der Waals surface area contributed by atoms with Crippen LogP contribution in [0.4, 0.5) is 4.79 Å². The first-order chi connectivity index (χ1) is 8.35. The zero-order valence-corrected chi connectivity index (χ0v) is 12.6. The number of hydrogen-bond donors (Lipinski definition) is 2. The second-order valence-corrected chi connectivity index (χ2v) is 5.78. The summed E-state index contributed by atoms with van der Waals surface area (Å²) in [7, 11) is 0. The van der Waals surface area contributed by atoms with Crippen molar-refractivity contribution in [3.05, 3.63) is 0 Å². The number of ether oxygens (including phenoxy) is 1. The number of nitrogens with one attached hydrogen (secondary N) is 2. The number of alkyl carbamates (subject to hydrolysis) is 1. The molecule has 0 aliphatic rings. The van der Waals surface area contributed by atoms with Gasteiger partial charge in [0.1, 0.15) is 5.60 Å². The highest BCUT2D eigenvalue weighted by atomic mass is 16.6. The molecule has 1 atom stereocenters. The van der Waals surface area contributed by atoms with Crippen LogP contribution in [-0.2, 0) is 4.74 Å². The van der Waals surface area contributed by atoms with E-state index in [0.29, 0.717) is 12.6 Å². The Labute approximate surface area is 112 Å². The van der Waals surface area contributed by atoms with E-state index in [2.05, 4.69) is 24.5 Å². The largest absolute Gasteiger partial charge is 0.444 e. The van der Waals surface area contributed by atoms with Crippen LogP contribution in [0.2, 0.25) is 0 Å². The quantitative estimate of drug-likeness (QED) is 0.658. The third kappa shape index (κ3) is 11.7. The molecule has 18 heavy (non-hydrogen) atoms. The molecule has 0 aromatic rings. The average molecular weight is 258 g/mol. The van der Waals surface area contributed by atoms with Crippen LogP contribution in [0, 0.1) is 0 Å². The maximum Gasteiger partial charge on any atom is 0.407 e. The molecule has 1 amide bonds. The summed E-state index contributed by atoms with van der Waals surface area (Å²) in [6.07, 6.45) is 4.67. The lowest BCUT2D eigenvalue weighted by molar-refractivity contribution is 0.0528. The van der Waals surface area contributed by atoms with E-state index in [4.69, 9.17) is 4.74 Å². The number of carbonyl (C=O) groups excluding carboxylic acids is 1. The molecule has 0 rings (SSSR count). The fourth-order valence-corrected chi connectivity index (χ4v) is 1.60. The van der Waals surface area contributed by atoms with Gasteiger partial charge in [0.15, 0.2) is 0 Å². The summed E-state index contributed by atoms with van der Waals surface area (Å²) in [6, 6.07) is 0.511. The van der Waals surface area contributed by atoms with Crippen LogP contribution >= 0.6 is 0 Å². The van der Waals surface area contributed by atoms with Gasteiger partial charge in [0.25, 0.3) is 0 Å². The molecule has 108 valence electrons. The highest BCUT2D eigenvalue weighted by Crippen LogP contribution is 2.06. The van der Waals surface area contributed by atoms with Gasteiger partial charge in [-0.25, -0.2) is 4.79 Å². The van der Waals surface area contributed by atoms with Gasteiger partial charge in [-0.15, -0.1) is 0 Å². The van der Waals surface area contributed by atoms with Crippen LogP contribution in [-0.4, -0.2) is 30.8 Å². The second-order valence-electron chi connectivity index (χ2n) is 5.78. The number of amides is 1. The Balaban J connectivity index is 3.47. The van der Waals surface area contributed by atoms with Gasteiger partial charge in [-0.1, -0.05) is 26.2 Å². The number of hydrogen-bond acceptors (Lipinski definition) is 3. The smallest absolute Gasteiger partial charge is 0.407 e.